The van der Waals surface area contributed by atoms with Crippen LogP contribution in [0, 0.1) is 5.41 Å². The van der Waals surface area contributed by atoms with Crippen LogP contribution < -0.4 is 11.1 Å². The Hall–Kier alpha value is -0.650. The van der Waals surface area contributed by atoms with Gasteiger partial charge in [-0.05, 0) is 27.7 Å². The lowest BCUT2D eigenvalue weighted by atomic mass is 9.74. The van der Waals surface area contributed by atoms with Crippen LogP contribution in [-0.2, 0) is 14.3 Å². The molecule has 1 amide bonds. The summed E-state index contributed by atoms with van der Waals surface area (Å²) in [5, 5.41) is 2.84. The van der Waals surface area contributed by atoms with Crippen LogP contribution in [0.3, 0.4) is 0 Å². The Kier molecular flexibility index (Phi) is 6.09. The van der Waals surface area contributed by atoms with Gasteiger partial charge >= 0.3 is 0 Å². The van der Waals surface area contributed by atoms with Crippen molar-refractivity contribution in [2.75, 3.05) is 27.4 Å². The molecule has 3 N–H and O–H groups in total. The fraction of sp³-hybridized carbons (Fsp3) is 0.917. The summed E-state index contributed by atoms with van der Waals surface area (Å²) in [7, 11) is 3.19. The Morgan fingerprint density at radius 2 is 1.82 bits per heavy atom. The van der Waals surface area contributed by atoms with Crippen LogP contribution in [0.15, 0.2) is 0 Å². The molecule has 0 saturated carbocycles. The largest absolute Gasteiger partial charge is 0.382 e. The van der Waals surface area contributed by atoms with Crippen molar-refractivity contribution in [3.63, 3.8) is 0 Å². The van der Waals surface area contributed by atoms with Gasteiger partial charge in [0.25, 0.3) is 0 Å². The normalized spacial score (nSPS) is 14.5. The summed E-state index contributed by atoms with van der Waals surface area (Å²) < 4.78 is 10.1. The van der Waals surface area contributed by atoms with E-state index in [1.54, 1.807) is 14.2 Å². The Morgan fingerprint density at radius 1 is 1.29 bits per heavy atom. The minimum atomic E-state index is -0.641. The quantitative estimate of drug-likeness (QED) is 0.687. The SMILES string of the molecule is COCC(CNC(=O)C(C)(C)C(C)(C)N)OC. The molecule has 1 atom stereocenters. The molecule has 0 aromatic rings. The molecule has 0 rings (SSSR count). The number of carbonyl (C=O) groups is 1. The van der Waals surface area contributed by atoms with E-state index in [9.17, 15) is 4.79 Å². The highest BCUT2D eigenvalue weighted by molar-refractivity contribution is 5.83. The molecule has 17 heavy (non-hydrogen) atoms. The molecule has 0 aromatic heterocycles. The first kappa shape index (κ1) is 16.4. The molecule has 102 valence electrons. The van der Waals surface area contributed by atoms with Crippen LogP contribution in [0.1, 0.15) is 27.7 Å². The molecule has 0 aliphatic rings. The van der Waals surface area contributed by atoms with Gasteiger partial charge in [0.05, 0.1) is 18.1 Å². The molecule has 5 nitrogen and oxygen atoms in total. The minimum Gasteiger partial charge on any atom is -0.382 e. The lowest BCUT2D eigenvalue weighted by molar-refractivity contribution is -0.133. The second kappa shape index (κ2) is 6.33. The first-order valence-electron chi connectivity index (χ1n) is 5.75. The van der Waals surface area contributed by atoms with Crippen LogP contribution in [0.5, 0.6) is 0 Å². The Morgan fingerprint density at radius 3 is 2.18 bits per heavy atom. The van der Waals surface area contributed by atoms with Gasteiger partial charge in [-0.25, -0.2) is 0 Å². The predicted molar refractivity (Wildman–Crippen MR) is 67.7 cm³/mol. The van der Waals surface area contributed by atoms with Gasteiger partial charge in [0, 0.05) is 26.3 Å². The van der Waals surface area contributed by atoms with Crippen molar-refractivity contribution in [1.29, 1.82) is 0 Å². The first-order valence-corrected chi connectivity index (χ1v) is 5.75. The monoisotopic (exact) mass is 246 g/mol. The third-order valence-corrected chi connectivity index (χ3v) is 3.35. The van der Waals surface area contributed by atoms with E-state index in [4.69, 9.17) is 15.2 Å². The Balaban J connectivity index is 4.36. The van der Waals surface area contributed by atoms with E-state index in [1.807, 2.05) is 27.7 Å². The van der Waals surface area contributed by atoms with Gasteiger partial charge in [-0.3, -0.25) is 4.79 Å². The number of rotatable bonds is 7. The number of hydrogen-bond acceptors (Lipinski definition) is 4. The minimum absolute atomic E-state index is 0.0804. The summed E-state index contributed by atoms with van der Waals surface area (Å²) in [6.45, 7) is 8.22. The molecule has 0 radical (unpaired) electrons. The van der Waals surface area contributed by atoms with Gasteiger partial charge in [0.1, 0.15) is 0 Å². The van der Waals surface area contributed by atoms with Crippen molar-refractivity contribution < 1.29 is 14.3 Å². The highest BCUT2D eigenvalue weighted by atomic mass is 16.5. The fourth-order valence-electron chi connectivity index (χ4n) is 1.12. The van der Waals surface area contributed by atoms with Crippen LogP contribution >= 0.6 is 0 Å². The van der Waals surface area contributed by atoms with E-state index < -0.39 is 11.0 Å². The summed E-state index contributed by atoms with van der Waals surface area (Å²) in [5.41, 5.74) is 4.77. The second-order valence-corrected chi connectivity index (χ2v) is 5.37. The first-order chi connectivity index (χ1) is 7.66. The molecular formula is C12H26N2O3. The highest BCUT2D eigenvalue weighted by Gasteiger charge is 2.40. The number of methoxy groups -OCH3 is 2. The number of carbonyl (C=O) groups excluding carboxylic acids is 1. The average Bonchev–Trinajstić information content (AvgIpc) is 2.21. The fourth-order valence-corrected chi connectivity index (χ4v) is 1.12. The van der Waals surface area contributed by atoms with Crippen molar-refractivity contribution in [1.82, 2.24) is 5.32 Å². The van der Waals surface area contributed by atoms with E-state index in [0.29, 0.717) is 13.2 Å². The van der Waals surface area contributed by atoms with E-state index in [-0.39, 0.29) is 12.0 Å². The van der Waals surface area contributed by atoms with Gasteiger partial charge in [-0.2, -0.15) is 0 Å². The standard InChI is InChI=1S/C12H26N2O3/c1-11(2,12(3,4)13)10(15)14-7-9(17-6)8-16-5/h9H,7-8,13H2,1-6H3,(H,14,15). The molecule has 0 bridgehead atoms. The lowest BCUT2D eigenvalue weighted by Gasteiger charge is -2.37. The van der Waals surface area contributed by atoms with Gasteiger partial charge in [0.15, 0.2) is 0 Å². The van der Waals surface area contributed by atoms with Crippen molar-refractivity contribution in [3.8, 4) is 0 Å². The molecule has 0 fully saturated rings. The molecule has 1 unspecified atom stereocenters. The number of nitrogens with two attached hydrogens (primary N) is 1. The topological polar surface area (TPSA) is 73.6 Å². The Bertz CT molecular complexity index is 247. The van der Waals surface area contributed by atoms with Gasteiger partial charge in [-0.15, -0.1) is 0 Å². The number of amides is 1. The van der Waals surface area contributed by atoms with E-state index in [2.05, 4.69) is 5.32 Å². The summed E-state index contributed by atoms with van der Waals surface area (Å²) in [4.78, 5) is 12.0. The molecule has 5 heteroatoms. The zero-order valence-corrected chi connectivity index (χ0v) is 11.8. The van der Waals surface area contributed by atoms with Crippen molar-refractivity contribution in [2.45, 2.75) is 39.3 Å². The van der Waals surface area contributed by atoms with Crippen molar-refractivity contribution in [2.24, 2.45) is 11.1 Å². The molecule has 0 aromatic carbocycles. The molecular weight excluding hydrogens is 220 g/mol. The molecule has 0 spiro atoms. The highest BCUT2D eigenvalue weighted by Crippen LogP contribution is 2.28. The maximum atomic E-state index is 12.0. The number of ether oxygens (including phenoxy) is 2. The average molecular weight is 246 g/mol. The van der Waals surface area contributed by atoms with Crippen molar-refractivity contribution in [3.05, 3.63) is 0 Å². The molecule has 0 aliphatic heterocycles. The van der Waals surface area contributed by atoms with E-state index in [1.165, 1.54) is 0 Å². The summed E-state index contributed by atoms with van der Waals surface area (Å²) in [6, 6.07) is 0. The Labute approximate surface area is 104 Å². The lowest BCUT2D eigenvalue weighted by Crippen LogP contribution is -2.56. The van der Waals surface area contributed by atoms with Crippen molar-refractivity contribution >= 4 is 5.91 Å². The molecule has 0 saturated heterocycles. The van der Waals surface area contributed by atoms with Crippen LogP contribution in [0.4, 0.5) is 0 Å². The van der Waals surface area contributed by atoms with Gasteiger partial charge in [0.2, 0.25) is 5.91 Å². The third kappa shape index (κ3) is 4.61. The predicted octanol–water partition coefficient (Wildman–Crippen LogP) is 0.528. The molecule has 0 heterocycles. The number of hydrogen-bond donors (Lipinski definition) is 2. The maximum absolute atomic E-state index is 12.0. The van der Waals surface area contributed by atoms with Gasteiger partial charge in [-0.1, -0.05) is 0 Å². The smallest absolute Gasteiger partial charge is 0.227 e. The third-order valence-electron chi connectivity index (χ3n) is 3.35. The van der Waals surface area contributed by atoms with Gasteiger partial charge < -0.3 is 20.5 Å². The number of nitrogens with one attached hydrogen (secondary N) is 1. The summed E-state index contributed by atoms with van der Waals surface area (Å²) in [5.74, 6) is -0.0804. The molecule has 0 aliphatic carbocycles. The summed E-state index contributed by atoms with van der Waals surface area (Å²) >= 11 is 0. The van der Waals surface area contributed by atoms with E-state index in [0.717, 1.165) is 0 Å². The zero-order valence-electron chi connectivity index (χ0n) is 11.8. The second-order valence-electron chi connectivity index (χ2n) is 5.37. The summed E-state index contributed by atoms with van der Waals surface area (Å²) in [6.07, 6.45) is -0.138. The zero-order chi connectivity index (χ0) is 13.7. The van der Waals surface area contributed by atoms with E-state index >= 15 is 0 Å². The van der Waals surface area contributed by atoms with Crippen LogP contribution in [-0.4, -0.2) is 44.9 Å². The van der Waals surface area contributed by atoms with Crippen LogP contribution in [0.2, 0.25) is 0 Å². The van der Waals surface area contributed by atoms with Crippen LogP contribution in [0.25, 0.3) is 0 Å². The maximum Gasteiger partial charge on any atom is 0.227 e.